The van der Waals surface area contributed by atoms with E-state index in [1.165, 1.54) is 23.9 Å². The zero-order valence-electron chi connectivity index (χ0n) is 20.8. The largest absolute Gasteiger partial charge is 0.411 e. The molecule has 1 heterocycles. The van der Waals surface area contributed by atoms with Crippen LogP contribution in [0.15, 0.2) is 99.5 Å². The molecule has 0 atom stereocenters. The smallest absolute Gasteiger partial charge is 0.277 e. The molecule has 0 saturated carbocycles. The Kier molecular flexibility index (Phi) is 7.99. The third-order valence-corrected chi connectivity index (χ3v) is 7.66. The van der Waals surface area contributed by atoms with Crippen LogP contribution in [0.1, 0.15) is 26.3 Å². The number of carbonyl (C=O) groups is 1. The van der Waals surface area contributed by atoms with Gasteiger partial charge in [0.1, 0.15) is 0 Å². The summed E-state index contributed by atoms with van der Waals surface area (Å²) in [4.78, 5) is 15.1. The van der Waals surface area contributed by atoms with Crippen LogP contribution in [-0.2, 0) is 21.4 Å². The zero-order chi connectivity index (χ0) is 26.5. The summed E-state index contributed by atoms with van der Waals surface area (Å²) >= 11 is 1.18. The van der Waals surface area contributed by atoms with Gasteiger partial charge in [-0.25, -0.2) is 8.42 Å². The van der Waals surface area contributed by atoms with Gasteiger partial charge in [-0.3, -0.25) is 9.52 Å². The van der Waals surface area contributed by atoms with Gasteiger partial charge < -0.3 is 9.32 Å². The molecular weight excluding hydrogens is 508 g/mol. The highest BCUT2D eigenvalue weighted by Crippen LogP contribution is 2.26. The van der Waals surface area contributed by atoms with Gasteiger partial charge in [-0.2, -0.15) is 0 Å². The van der Waals surface area contributed by atoms with Gasteiger partial charge in [0, 0.05) is 23.3 Å². The Balaban J connectivity index is 1.38. The summed E-state index contributed by atoms with van der Waals surface area (Å²) in [5.74, 6) is 0.409. The molecular formula is C27H28N4O4S2. The molecule has 0 radical (unpaired) electrons. The number of carbonyl (C=O) groups excluding carboxylic acids is 1. The predicted octanol–water partition coefficient (Wildman–Crippen LogP) is 5.46. The summed E-state index contributed by atoms with van der Waals surface area (Å²) < 4.78 is 33.3. The maximum absolute atomic E-state index is 13.1. The van der Waals surface area contributed by atoms with Crippen LogP contribution in [-0.4, -0.2) is 40.7 Å². The number of hydrogen-bond donors (Lipinski definition) is 1. The van der Waals surface area contributed by atoms with Crippen molar-refractivity contribution in [3.05, 3.63) is 90.5 Å². The van der Waals surface area contributed by atoms with Crippen LogP contribution in [0.25, 0.3) is 11.5 Å². The number of nitrogens with one attached hydrogen (secondary N) is 1. The lowest BCUT2D eigenvalue weighted by Gasteiger charge is -2.35. The van der Waals surface area contributed by atoms with E-state index in [1.54, 1.807) is 42.5 Å². The number of amides is 1. The van der Waals surface area contributed by atoms with Crippen molar-refractivity contribution in [1.82, 2.24) is 15.1 Å². The van der Waals surface area contributed by atoms with Crippen molar-refractivity contribution in [2.24, 2.45) is 0 Å². The number of sulfonamides is 1. The highest BCUT2D eigenvalue weighted by atomic mass is 32.2. The number of benzene rings is 3. The molecule has 37 heavy (non-hydrogen) atoms. The highest BCUT2D eigenvalue weighted by Gasteiger charge is 2.27. The Morgan fingerprint density at radius 3 is 2.16 bits per heavy atom. The van der Waals surface area contributed by atoms with Crippen LogP contribution in [0.2, 0.25) is 0 Å². The maximum Gasteiger partial charge on any atom is 0.277 e. The molecule has 1 amide bonds. The van der Waals surface area contributed by atoms with Gasteiger partial charge in [-0.15, -0.1) is 10.2 Å². The van der Waals surface area contributed by atoms with Gasteiger partial charge in [0.25, 0.3) is 15.2 Å². The lowest BCUT2D eigenvalue weighted by Crippen LogP contribution is -2.45. The topological polar surface area (TPSA) is 105 Å². The zero-order valence-corrected chi connectivity index (χ0v) is 22.4. The van der Waals surface area contributed by atoms with Crippen molar-refractivity contribution in [3.8, 4) is 11.5 Å². The summed E-state index contributed by atoms with van der Waals surface area (Å²) in [5.41, 5.74) is 1.75. The number of hydrogen-bond acceptors (Lipinski definition) is 7. The monoisotopic (exact) mass is 536 g/mol. The Hall–Kier alpha value is -3.63. The van der Waals surface area contributed by atoms with E-state index in [4.69, 9.17) is 4.42 Å². The molecule has 0 bridgehead atoms. The van der Waals surface area contributed by atoms with E-state index in [0.29, 0.717) is 17.8 Å². The predicted molar refractivity (Wildman–Crippen MR) is 144 cm³/mol. The molecule has 1 aromatic heterocycles. The average molecular weight is 537 g/mol. The Labute approximate surface area is 221 Å². The number of thioether (sulfide) groups is 1. The molecule has 0 fully saturated rings. The highest BCUT2D eigenvalue weighted by molar-refractivity contribution is 7.99. The minimum Gasteiger partial charge on any atom is -0.411 e. The fourth-order valence-corrected chi connectivity index (χ4v) is 5.27. The van der Waals surface area contributed by atoms with Crippen molar-refractivity contribution in [1.29, 1.82) is 0 Å². The average Bonchev–Trinajstić information content (AvgIpc) is 3.36. The fourth-order valence-electron chi connectivity index (χ4n) is 3.55. The van der Waals surface area contributed by atoms with Crippen molar-refractivity contribution < 1.29 is 17.6 Å². The number of anilines is 1. The first-order valence-electron chi connectivity index (χ1n) is 11.6. The molecule has 192 valence electrons. The van der Waals surface area contributed by atoms with Gasteiger partial charge in [0.2, 0.25) is 11.8 Å². The summed E-state index contributed by atoms with van der Waals surface area (Å²) in [6, 6.07) is 24.7. The molecule has 0 unspecified atom stereocenters. The Morgan fingerprint density at radius 2 is 1.54 bits per heavy atom. The second kappa shape index (κ2) is 11.2. The molecule has 4 rings (SSSR count). The van der Waals surface area contributed by atoms with E-state index in [9.17, 15) is 13.2 Å². The van der Waals surface area contributed by atoms with Crippen molar-refractivity contribution in [2.45, 2.75) is 43.0 Å². The van der Waals surface area contributed by atoms with Crippen LogP contribution < -0.4 is 4.72 Å². The van der Waals surface area contributed by atoms with E-state index in [0.717, 1.165) is 5.56 Å². The Bertz CT molecular complexity index is 1430. The van der Waals surface area contributed by atoms with E-state index in [1.807, 2.05) is 56.0 Å². The van der Waals surface area contributed by atoms with Gasteiger partial charge in [-0.1, -0.05) is 60.3 Å². The lowest BCUT2D eigenvalue weighted by molar-refractivity contribution is -0.133. The SMILES string of the molecule is CC(C)(C)N(Cc1ccccc1)C(=O)CSc1nnc(-c2ccc(NS(=O)(=O)c3ccccc3)cc2)o1. The normalized spacial score (nSPS) is 11.8. The van der Waals surface area contributed by atoms with Crippen LogP contribution in [0.4, 0.5) is 5.69 Å². The third kappa shape index (κ3) is 6.99. The molecule has 0 spiro atoms. The first-order chi connectivity index (χ1) is 17.6. The summed E-state index contributed by atoms with van der Waals surface area (Å²) in [6.45, 7) is 6.53. The van der Waals surface area contributed by atoms with Crippen LogP contribution in [0.3, 0.4) is 0 Å². The Morgan fingerprint density at radius 1 is 0.919 bits per heavy atom. The van der Waals surface area contributed by atoms with Gasteiger partial charge in [0.05, 0.1) is 10.6 Å². The second-order valence-electron chi connectivity index (χ2n) is 9.29. The van der Waals surface area contributed by atoms with Crippen molar-refractivity contribution >= 4 is 33.4 Å². The standard InChI is InChI=1S/C27H28N4O4S2/c1-27(2,3)31(18-20-10-6-4-7-11-20)24(32)19-36-26-29-28-25(35-26)21-14-16-22(17-15-21)30-37(33,34)23-12-8-5-9-13-23/h4-17,30H,18-19H2,1-3H3. The number of aromatic nitrogens is 2. The van der Waals surface area contributed by atoms with Crippen LogP contribution in [0, 0.1) is 0 Å². The van der Waals surface area contributed by atoms with Crippen molar-refractivity contribution in [2.75, 3.05) is 10.5 Å². The van der Waals surface area contributed by atoms with E-state index in [-0.39, 0.29) is 33.2 Å². The van der Waals surface area contributed by atoms with Crippen molar-refractivity contribution in [3.63, 3.8) is 0 Å². The first-order valence-corrected chi connectivity index (χ1v) is 14.1. The number of nitrogens with zero attached hydrogens (tertiary/aromatic N) is 3. The maximum atomic E-state index is 13.1. The summed E-state index contributed by atoms with van der Waals surface area (Å²) in [7, 11) is -3.68. The molecule has 10 heteroatoms. The van der Waals surface area contributed by atoms with E-state index in [2.05, 4.69) is 14.9 Å². The lowest BCUT2D eigenvalue weighted by atomic mass is 10.0. The van der Waals surface area contributed by atoms with Crippen LogP contribution >= 0.6 is 11.8 Å². The first kappa shape index (κ1) is 26.4. The molecule has 0 aliphatic heterocycles. The van der Waals surface area contributed by atoms with Gasteiger partial charge in [0.15, 0.2) is 0 Å². The summed E-state index contributed by atoms with van der Waals surface area (Å²) in [5, 5.41) is 8.42. The minimum absolute atomic E-state index is 0.0313. The quantitative estimate of drug-likeness (QED) is 0.283. The molecule has 4 aromatic rings. The minimum atomic E-state index is -3.68. The number of rotatable bonds is 9. The molecule has 8 nitrogen and oxygen atoms in total. The van der Waals surface area contributed by atoms with Gasteiger partial charge >= 0.3 is 0 Å². The van der Waals surface area contributed by atoms with Crippen LogP contribution in [0.5, 0.6) is 0 Å². The fraction of sp³-hybridized carbons (Fsp3) is 0.222. The third-order valence-electron chi connectivity index (χ3n) is 5.46. The molecule has 1 N–H and O–H groups in total. The van der Waals surface area contributed by atoms with E-state index >= 15 is 0 Å². The molecule has 0 saturated heterocycles. The molecule has 0 aliphatic rings. The van der Waals surface area contributed by atoms with E-state index < -0.39 is 10.0 Å². The molecule has 3 aromatic carbocycles. The second-order valence-corrected chi connectivity index (χ2v) is 11.9. The summed E-state index contributed by atoms with van der Waals surface area (Å²) in [6.07, 6.45) is 0. The van der Waals surface area contributed by atoms with Gasteiger partial charge in [-0.05, 0) is 62.7 Å². The molecule has 0 aliphatic carbocycles.